The Kier molecular flexibility index (Phi) is 5.50. The zero-order chi connectivity index (χ0) is 22.9. The first kappa shape index (κ1) is 21.1. The molecule has 33 heavy (non-hydrogen) atoms. The normalized spacial score (nSPS) is 15.4. The molecule has 0 bridgehead atoms. The number of aryl methyl sites for hydroxylation is 1. The predicted octanol–water partition coefficient (Wildman–Crippen LogP) is 3.49. The molecule has 3 aromatic rings. The number of nitrogens with zero attached hydrogens (tertiary/aromatic N) is 3. The number of hydrogen-bond acceptors (Lipinski definition) is 6. The van der Waals surface area contributed by atoms with Crippen molar-refractivity contribution in [3.8, 4) is 0 Å². The van der Waals surface area contributed by atoms with Crippen molar-refractivity contribution in [2.75, 3.05) is 10.7 Å². The monoisotopic (exact) mass is 438 g/mol. The zero-order valence-electron chi connectivity index (χ0n) is 19.1. The molecule has 0 amide bonds. The van der Waals surface area contributed by atoms with Gasteiger partial charge in [-0.25, -0.2) is 0 Å². The van der Waals surface area contributed by atoms with Gasteiger partial charge in [0.25, 0.3) is 0 Å². The van der Waals surface area contributed by atoms with E-state index in [9.17, 15) is 0 Å². The van der Waals surface area contributed by atoms with Gasteiger partial charge in [0.1, 0.15) is 5.69 Å². The standard InChI is InChI=1S/C27H30N6/c1-17-8-4-7-11-23(17)18(2)29-16-20-12-14-22(15-13-20)33-26-24(19(3)30-31-27(26)28)25(32-33)21-9-5-6-10-21/h4,7-8,11-15,21,29,32H,2-3,5-6,9-10,16,28H2,1H3. The van der Waals surface area contributed by atoms with Crippen LogP contribution >= 0.6 is 0 Å². The summed E-state index contributed by atoms with van der Waals surface area (Å²) in [6.45, 7) is 11.1. The molecule has 0 spiro atoms. The highest BCUT2D eigenvalue weighted by molar-refractivity contribution is 5.80. The zero-order valence-corrected chi connectivity index (χ0v) is 19.1. The van der Waals surface area contributed by atoms with E-state index in [0.717, 1.165) is 27.9 Å². The summed E-state index contributed by atoms with van der Waals surface area (Å²) in [7, 11) is 0. The highest BCUT2D eigenvalue weighted by Gasteiger charge is 2.30. The molecule has 2 aromatic carbocycles. The van der Waals surface area contributed by atoms with E-state index in [1.807, 2.05) is 17.1 Å². The summed E-state index contributed by atoms with van der Waals surface area (Å²) in [5.74, 6) is 0.895. The van der Waals surface area contributed by atoms with Crippen LogP contribution in [0.3, 0.4) is 0 Å². The van der Waals surface area contributed by atoms with E-state index in [1.165, 1.54) is 42.5 Å². The quantitative estimate of drug-likeness (QED) is 0.547. The summed E-state index contributed by atoms with van der Waals surface area (Å²) in [4.78, 5) is 0. The molecule has 6 nitrogen and oxygen atoms in total. The lowest BCUT2D eigenvalue weighted by atomic mass is 10.0. The molecule has 4 N–H and O–H groups in total. The Bertz CT molecular complexity index is 1310. The first-order chi connectivity index (χ1) is 16.0. The smallest absolute Gasteiger partial charge is 0.172 e. The lowest BCUT2D eigenvalue weighted by Crippen LogP contribution is -2.32. The van der Waals surface area contributed by atoms with Crippen LogP contribution in [0.15, 0.2) is 55.1 Å². The molecule has 1 aromatic heterocycles. The second kappa shape index (κ2) is 8.62. The fourth-order valence-electron chi connectivity index (χ4n) is 4.90. The minimum absolute atomic E-state index is 0.415. The number of hydrazine groups is 1. The number of rotatable bonds is 6. The van der Waals surface area contributed by atoms with Crippen LogP contribution < -0.4 is 32.1 Å². The largest absolute Gasteiger partial charge is 0.381 e. The van der Waals surface area contributed by atoms with Gasteiger partial charge in [-0.2, -0.15) is 0 Å². The van der Waals surface area contributed by atoms with Crippen LogP contribution in [0.2, 0.25) is 0 Å². The maximum atomic E-state index is 6.29. The molecule has 2 aliphatic rings. The maximum absolute atomic E-state index is 6.29. The van der Waals surface area contributed by atoms with Crippen LogP contribution in [0.1, 0.15) is 42.4 Å². The van der Waals surface area contributed by atoms with Crippen LogP contribution in [0.25, 0.3) is 18.0 Å². The number of aromatic nitrogens is 2. The summed E-state index contributed by atoms with van der Waals surface area (Å²) in [5.41, 5.74) is 17.4. The molecule has 6 heteroatoms. The van der Waals surface area contributed by atoms with Gasteiger partial charge in [0, 0.05) is 23.9 Å². The van der Waals surface area contributed by atoms with Crippen LogP contribution in [-0.2, 0) is 6.54 Å². The Morgan fingerprint density at radius 2 is 1.85 bits per heavy atom. The minimum Gasteiger partial charge on any atom is -0.381 e. The van der Waals surface area contributed by atoms with E-state index in [-0.39, 0.29) is 0 Å². The maximum Gasteiger partial charge on any atom is 0.172 e. The molecule has 168 valence electrons. The number of fused-ring (bicyclic) bond motifs is 1. The highest BCUT2D eigenvalue weighted by Crippen LogP contribution is 2.35. The number of nitrogens with two attached hydrogens (primary N) is 1. The van der Waals surface area contributed by atoms with Gasteiger partial charge in [0.15, 0.2) is 5.82 Å². The van der Waals surface area contributed by atoms with Crippen molar-refractivity contribution >= 4 is 35.2 Å². The van der Waals surface area contributed by atoms with Gasteiger partial charge < -0.3 is 11.1 Å². The average molecular weight is 439 g/mol. The summed E-state index contributed by atoms with van der Waals surface area (Å²) in [6.07, 6.45) is 4.85. The second-order valence-corrected chi connectivity index (χ2v) is 8.91. The highest BCUT2D eigenvalue weighted by atomic mass is 15.5. The van der Waals surface area contributed by atoms with Crippen LogP contribution in [0, 0.1) is 12.8 Å². The molecule has 0 saturated heterocycles. The molecule has 1 aliphatic heterocycles. The molecule has 1 aliphatic carbocycles. The lowest BCUT2D eigenvalue weighted by Gasteiger charge is -2.24. The number of anilines is 3. The number of benzene rings is 2. The van der Waals surface area contributed by atoms with E-state index >= 15 is 0 Å². The van der Waals surface area contributed by atoms with Crippen molar-refractivity contribution in [3.05, 3.63) is 82.4 Å². The first-order valence-corrected chi connectivity index (χ1v) is 11.5. The molecule has 2 heterocycles. The van der Waals surface area contributed by atoms with Gasteiger partial charge in [-0.3, -0.25) is 10.4 Å². The fraction of sp³-hybridized carbons (Fsp3) is 0.259. The van der Waals surface area contributed by atoms with Gasteiger partial charge in [0.05, 0.1) is 16.3 Å². The van der Waals surface area contributed by atoms with Gasteiger partial charge in [-0.15, -0.1) is 10.2 Å². The van der Waals surface area contributed by atoms with E-state index in [4.69, 9.17) is 5.73 Å². The molecule has 1 saturated carbocycles. The Morgan fingerprint density at radius 1 is 1.12 bits per heavy atom. The topological polar surface area (TPSA) is 79.1 Å². The summed E-state index contributed by atoms with van der Waals surface area (Å²) >= 11 is 0. The van der Waals surface area contributed by atoms with E-state index in [2.05, 4.69) is 77.4 Å². The SMILES string of the molecule is C=C(NCc1ccc(N2NC(C3CCCC3)=c3c2c(N)nnc3=C)cc1)c1ccccc1C. The van der Waals surface area contributed by atoms with E-state index < -0.39 is 0 Å². The van der Waals surface area contributed by atoms with E-state index in [0.29, 0.717) is 23.6 Å². The Morgan fingerprint density at radius 3 is 2.58 bits per heavy atom. The number of nitrogens with one attached hydrogen (secondary N) is 2. The van der Waals surface area contributed by atoms with Gasteiger partial charge in [-0.1, -0.05) is 62.4 Å². The second-order valence-electron chi connectivity index (χ2n) is 8.91. The first-order valence-electron chi connectivity index (χ1n) is 11.5. The van der Waals surface area contributed by atoms with Crippen LogP contribution in [0.4, 0.5) is 17.2 Å². The third-order valence-corrected chi connectivity index (χ3v) is 6.71. The average Bonchev–Trinajstić information content (AvgIpc) is 3.49. The molecule has 0 atom stereocenters. The van der Waals surface area contributed by atoms with Crippen LogP contribution in [0.5, 0.6) is 0 Å². The Hall–Kier alpha value is -3.80. The van der Waals surface area contributed by atoms with Crippen molar-refractivity contribution in [1.29, 1.82) is 0 Å². The Balaban J connectivity index is 1.36. The van der Waals surface area contributed by atoms with Gasteiger partial charge in [-0.05, 0) is 48.6 Å². The van der Waals surface area contributed by atoms with Crippen molar-refractivity contribution in [2.24, 2.45) is 5.92 Å². The third kappa shape index (κ3) is 3.93. The summed E-state index contributed by atoms with van der Waals surface area (Å²) < 4.78 is 0. The van der Waals surface area contributed by atoms with Crippen LogP contribution in [-0.4, -0.2) is 10.2 Å². The number of hydrogen-bond donors (Lipinski definition) is 3. The predicted molar refractivity (Wildman–Crippen MR) is 135 cm³/mol. The van der Waals surface area contributed by atoms with Crippen molar-refractivity contribution < 1.29 is 0 Å². The third-order valence-electron chi connectivity index (χ3n) is 6.71. The molecule has 1 fully saturated rings. The fourth-order valence-corrected chi connectivity index (χ4v) is 4.90. The van der Waals surface area contributed by atoms with Gasteiger partial charge in [0.2, 0.25) is 0 Å². The van der Waals surface area contributed by atoms with Gasteiger partial charge >= 0.3 is 0 Å². The van der Waals surface area contributed by atoms with Crippen molar-refractivity contribution in [2.45, 2.75) is 39.2 Å². The van der Waals surface area contributed by atoms with Crippen molar-refractivity contribution in [1.82, 2.24) is 20.9 Å². The lowest BCUT2D eigenvalue weighted by molar-refractivity contribution is 0.661. The Labute approximate surface area is 194 Å². The minimum atomic E-state index is 0.415. The number of nitrogen functional groups attached to an aromatic ring is 1. The summed E-state index contributed by atoms with van der Waals surface area (Å²) in [5, 5.41) is 15.5. The molecular formula is C27H30N6. The molecular weight excluding hydrogens is 408 g/mol. The van der Waals surface area contributed by atoms with E-state index in [1.54, 1.807) is 0 Å². The molecule has 5 rings (SSSR count). The van der Waals surface area contributed by atoms with Crippen molar-refractivity contribution in [3.63, 3.8) is 0 Å². The molecule has 0 radical (unpaired) electrons. The summed E-state index contributed by atoms with van der Waals surface area (Å²) in [6, 6.07) is 16.7. The molecule has 0 unspecified atom stereocenters.